The Morgan fingerprint density at radius 2 is 1.88 bits per heavy atom. The smallest absolute Gasteiger partial charge is 0.316 e. The molecule has 1 aromatic heterocycles. The maximum atomic E-state index is 11.8. The van der Waals surface area contributed by atoms with Crippen molar-refractivity contribution < 1.29 is 14.1 Å². The summed E-state index contributed by atoms with van der Waals surface area (Å²) < 4.78 is 10.3. The summed E-state index contributed by atoms with van der Waals surface area (Å²) in [6, 6.07) is 15.0. The van der Waals surface area contributed by atoms with E-state index in [1.165, 1.54) is 11.8 Å². The first kappa shape index (κ1) is 17.5. The van der Waals surface area contributed by atoms with E-state index in [-0.39, 0.29) is 24.2 Å². The van der Waals surface area contributed by atoms with Crippen LogP contribution in [0.3, 0.4) is 0 Å². The van der Waals surface area contributed by atoms with E-state index in [4.69, 9.17) is 20.9 Å². The SMILES string of the molecule is Cc1ccc(-c2noc(COC(=O)CSc3ccc(Cl)cc3)n2)cc1. The molecule has 0 saturated carbocycles. The molecule has 0 aliphatic heterocycles. The van der Waals surface area contributed by atoms with Crippen LogP contribution in [0, 0.1) is 6.92 Å². The molecule has 0 aliphatic carbocycles. The van der Waals surface area contributed by atoms with Crippen molar-refractivity contribution in [1.82, 2.24) is 10.1 Å². The van der Waals surface area contributed by atoms with Crippen LogP contribution >= 0.6 is 23.4 Å². The lowest BCUT2D eigenvalue weighted by Gasteiger charge is -2.02. The Morgan fingerprint density at radius 1 is 1.16 bits per heavy atom. The molecule has 0 aliphatic rings. The van der Waals surface area contributed by atoms with Crippen molar-refractivity contribution in [3.63, 3.8) is 0 Å². The van der Waals surface area contributed by atoms with Gasteiger partial charge in [-0.2, -0.15) is 4.98 Å². The van der Waals surface area contributed by atoms with Crippen molar-refractivity contribution in [1.29, 1.82) is 0 Å². The molecular formula is C18H15ClN2O3S. The average molecular weight is 375 g/mol. The molecule has 0 unspecified atom stereocenters. The van der Waals surface area contributed by atoms with Crippen LogP contribution in [0.4, 0.5) is 0 Å². The summed E-state index contributed by atoms with van der Waals surface area (Å²) >= 11 is 7.20. The maximum absolute atomic E-state index is 11.8. The Bertz CT molecular complexity index is 848. The van der Waals surface area contributed by atoms with Gasteiger partial charge < -0.3 is 9.26 Å². The molecule has 3 aromatic rings. The van der Waals surface area contributed by atoms with Gasteiger partial charge in [-0.15, -0.1) is 11.8 Å². The van der Waals surface area contributed by atoms with Crippen molar-refractivity contribution in [2.45, 2.75) is 18.4 Å². The molecular weight excluding hydrogens is 360 g/mol. The molecule has 7 heteroatoms. The summed E-state index contributed by atoms with van der Waals surface area (Å²) in [5.41, 5.74) is 2.00. The number of thioether (sulfide) groups is 1. The summed E-state index contributed by atoms with van der Waals surface area (Å²) in [5.74, 6) is 0.581. The third-order valence-corrected chi connectivity index (χ3v) is 4.54. The number of aryl methyl sites for hydroxylation is 1. The quantitative estimate of drug-likeness (QED) is 0.466. The van der Waals surface area contributed by atoms with E-state index in [2.05, 4.69) is 10.1 Å². The highest BCUT2D eigenvalue weighted by Gasteiger charge is 2.11. The van der Waals surface area contributed by atoms with Crippen LogP contribution in [-0.2, 0) is 16.1 Å². The van der Waals surface area contributed by atoms with Crippen LogP contribution in [0.15, 0.2) is 57.9 Å². The van der Waals surface area contributed by atoms with Gasteiger partial charge in [0.05, 0.1) is 5.75 Å². The summed E-state index contributed by atoms with van der Waals surface area (Å²) in [5, 5.41) is 4.56. The fourth-order valence-corrected chi connectivity index (χ4v) is 2.81. The van der Waals surface area contributed by atoms with Crippen LogP contribution in [0.2, 0.25) is 5.02 Å². The zero-order valence-electron chi connectivity index (χ0n) is 13.4. The molecule has 2 aromatic carbocycles. The van der Waals surface area contributed by atoms with Crippen LogP contribution < -0.4 is 0 Å². The first-order chi connectivity index (χ1) is 12.1. The van der Waals surface area contributed by atoms with Gasteiger partial charge in [0.25, 0.3) is 5.89 Å². The molecule has 0 fully saturated rings. The normalized spacial score (nSPS) is 10.6. The molecule has 0 atom stereocenters. The molecule has 128 valence electrons. The van der Waals surface area contributed by atoms with Crippen molar-refractivity contribution >= 4 is 29.3 Å². The van der Waals surface area contributed by atoms with Gasteiger partial charge in [0.15, 0.2) is 6.61 Å². The first-order valence-corrected chi connectivity index (χ1v) is 8.90. The average Bonchev–Trinajstić information content (AvgIpc) is 3.09. The Hall–Kier alpha value is -2.31. The lowest BCUT2D eigenvalue weighted by molar-refractivity contribution is -0.142. The van der Waals surface area contributed by atoms with E-state index < -0.39 is 0 Å². The number of nitrogens with zero attached hydrogens (tertiary/aromatic N) is 2. The van der Waals surface area contributed by atoms with E-state index in [0.717, 1.165) is 16.0 Å². The summed E-state index contributed by atoms with van der Waals surface area (Å²) in [4.78, 5) is 17.0. The number of benzene rings is 2. The van der Waals surface area contributed by atoms with Gasteiger partial charge in [-0.25, -0.2) is 0 Å². The third-order valence-electron chi connectivity index (χ3n) is 3.30. The summed E-state index contributed by atoms with van der Waals surface area (Å²) in [6.07, 6.45) is 0. The molecule has 0 bridgehead atoms. The maximum Gasteiger partial charge on any atom is 0.316 e. The molecule has 0 radical (unpaired) electrons. The molecule has 5 nitrogen and oxygen atoms in total. The number of ether oxygens (including phenoxy) is 1. The number of carbonyl (C=O) groups is 1. The van der Waals surface area contributed by atoms with Crippen molar-refractivity contribution in [2.75, 3.05) is 5.75 Å². The second-order valence-electron chi connectivity index (χ2n) is 5.28. The minimum atomic E-state index is -0.352. The number of hydrogen-bond donors (Lipinski definition) is 0. The minimum Gasteiger partial charge on any atom is -0.455 e. The molecule has 25 heavy (non-hydrogen) atoms. The van der Waals surface area contributed by atoms with Crippen LogP contribution in [-0.4, -0.2) is 21.9 Å². The largest absolute Gasteiger partial charge is 0.455 e. The van der Waals surface area contributed by atoms with Gasteiger partial charge in [0.2, 0.25) is 5.82 Å². The number of halogens is 1. The molecule has 0 N–H and O–H groups in total. The fourth-order valence-electron chi connectivity index (χ4n) is 1.99. The molecule has 0 amide bonds. The van der Waals surface area contributed by atoms with E-state index in [0.29, 0.717) is 10.8 Å². The van der Waals surface area contributed by atoms with Crippen LogP contribution in [0.1, 0.15) is 11.5 Å². The minimum absolute atomic E-state index is 0.0428. The van der Waals surface area contributed by atoms with Crippen LogP contribution in [0.25, 0.3) is 11.4 Å². The number of esters is 1. The van der Waals surface area contributed by atoms with E-state index in [1.807, 2.05) is 43.3 Å². The number of aromatic nitrogens is 2. The van der Waals surface area contributed by atoms with Crippen molar-refractivity contribution in [3.05, 3.63) is 65.0 Å². The van der Waals surface area contributed by atoms with Gasteiger partial charge in [-0.1, -0.05) is 46.6 Å². The molecule has 3 rings (SSSR count). The van der Waals surface area contributed by atoms with Crippen LogP contribution in [0.5, 0.6) is 0 Å². The van der Waals surface area contributed by atoms with Gasteiger partial charge in [-0.05, 0) is 31.2 Å². The fraction of sp³-hybridized carbons (Fsp3) is 0.167. The summed E-state index contributed by atoms with van der Waals surface area (Å²) in [6.45, 7) is 1.96. The highest BCUT2D eigenvalue weighted by Crippen LogP contribution is 2.21. The second-order valence-corrected chi connectivity index (χ2v) is 6.77. The third kappa shape index (κ3) is 5.08. The van der Waals surface area contributed by atoms with Gasteiger partial charge in [0, 0.05) is 15.5 Å². The zero-order valence-corrected chi connectivity index (χ0v) is 15.0. The van der Waals surface area contributed by atoms with Gasteiger partial charge >= 0.3 is 5.97 Å². The Morgan fingerprint density at radius 3 is 2.60 bits per heavy atom. The van der Waals surface area contributed by atoms with E-state index >= 15 is 0 Å². The monoisotopic (exact) mass is 374 g/mol. The Balaban J connectivity index is 1.49. The zero-order chi connectivity index (χ0) is 17.6. The number of hydrogen-bond acceptors (Lipinski definition) is 6. The van der Waals surface area contributed by atoms with Crippen molar-refractivity contribution in [3.8, 4) is 11.4 Å². The Kier molecular flexibility index (Phi) is 5.73. The molecule has 0 saturated heterocycles. The highest BCUT2D eigenvalue weighted by atomic mass is 35.5. The Labute approximate surface area is 154 Å². The van der Waals surface area contributed by atoms with Crippen molar-refractivity contribution in [2.24, 2.45) is 0 Å². The lowest BCUT2D eigenvalue weighted by atomic mass is 10.1. The number of rotatable bonds is 6. The number of carbonyl (C=O) groups excluding carboxylic acids is 1. The highest BCUT2D eigenvalue weighted by molar-refractivity contribution is 8.00. The summed E-state index contributed by atoms with van der Waals surface area (Å²) in [7, 11) is 0. The predicted molar refractivity (Wildman–Crippen MR) is 96.4 cm³/mol. The molecule has 0 spiro atoms. The standard InChI is InChI=1S/C18H15ClN2O3S/c1-12-2-4-13(5-3-12)18-20-16(24-21-18)10-23-17(22)11-25-15-8-6-14(19)7-9-15/h2-9H,10-11H2,1H3. The van der Waals surface area contributed by atoms with E-state index in [9.17, 15) is 4.79 Å². The van der Waals surface area contributed by atoms with Gasteiger partial charge in [-0.3, -0.25) is 4.79 Å². The van der Waals surface area contributed by atoms with Gasteiger partial charge in [0.1, 0.15) is 0 Å². The first-order valence-electron chi connectivity index (χ1n) is 7.54. The topological polar surface area (TPSA) is 65.2 Å². The lowest BCUT2D eigenvalue weighted by Crippen LogP contribution is -2.07. The van der Waals surface area contributed by atoms with E-state index in [1.54, 1.807) is 12.1 Å². The second kappa shape index (κ2) is 8.18. The molecule has 1 heterocycles. The predicted octanol–water partition coefficient (Wildman–Crippen LogP) is 4.53.